The molecule has 2 aromatic rings. The van der Waals surface area contributed by atoms with Crippen LogP contribution in [-0.4, -0.2) is 16.5 Å². The summed E-state index contributed by atoms with van der Waals surface area (Å²) < 4.78 is 38.4. The highest BCUT2D eigenvalue weighted by Crippen LogP contribution is 2.29. The quantitative estimate of drug-likeness (QED) is 0.886. The molecule has 0 amide bonds. The normalized spacial score (nSPS) is 11.2. The smallest absolute Gasteiger partial charge is 0.366 e. The van der Waals surface area contributed by atoms with E-state index in [1.165, 1.54) is 0 Å². The minimum atomic E-state index is -4.50. The molecule has 0 saturated carbocycles. The summed E-state index contributed by atoms with van der Waals surface area (Å²) in [5.41, 5.74) is -0.0151. The molecular weight excluding hydrogens is 281 g/mol. The first-order valence-corrected chi connectivity index (χ1v) is 6.47. The second-order valence-corrected chi connectivity index (χ2v) is 4.33. The molecule has 1 aromatic carbocycles. The van der Waals surface area contributed by atoms with Gasteiger partial charge in [0.15, 0.2) is 5.69 Å². The third-order valence-corrected chi connectivity index (χ3v) is 2.67. The van der Waals surface area contributed by atoms with Crippen molar-refractivity contribution in [3.63, 3.8) is 0 Å². The minimum absolute atomic E-state index is 0.0390. The van der Waals surface area contributed by atoms with Crippen LogP contribution in [0.2, 0.25) is 0 Å². The lowest BCUT2D eigenvalue weighted by atomic mass is 10.2. The van der Waals surface area contributed by atoms with E-state index in [-0.39, 0.29) is 11.8 Å². The first-order chi connectivity index (χ1) is 9.99. The number of halogens is 3. The Bertz CT molecular complexity index is 585. The summed E-state index contributed by atoms with van der Waals surface area (Å²) in [4.78, 5) is 7.48. The Kier molecular flexibility index (Phi) is 4.62. The van der Waals surface area contributed by atoms with Crippen molar-refractivity contribution in [3.8, 4) is 0 Å². The Hall–Kier alpha value is -2.31. The minimum Gasteiger partial charge on any atom is -0.366 e. The lowest BCUT2D eigenvalue weighted by Crippen LogP contribution is -2.14. The van der Waals surface area contributed by atoms with Gasteiger partial charge in [0.05, 0.1) is 0 Å². The van der Waals surface area contributed by atoms with Crippen molar-refractivity contribution in [1.82, 2.24) is 9.97 Å². The molecule has 0 spiro atoms. The van der Waals surface area contributed by atoms with E-state index in [0.29, 0.717) is 13.1 Å². The Labute approximate surface area is 120 Å². The maximum Gasteiger partial charge on any atom is 0.433 e. The lowest BCUT2D eigenvalue weighted by molar-refractivity contribution is -0.141. The molecule has 0 fully saturated rings. The largest absolute Gasteiger partial charge is 0.433 e. The summed E-state index contributed by atoms with van der Waals surface area (Å²) in [5.74, 6) is 0.0972. The Morgan fingerprint density at radius 2 is 1.76 bits per heavy atom. The van der Waals surface area contributed by atoms with Gasteiger partial charge in [-0.05, 0) is 12.5 Å². The summed E-state index contributed by atoms with van der Waals surface area (Å²) in [6.07, 6.45) is -4.50. The third kappa shape index (κ3) is 4.34. The number of nitrogens with zero attached hydrogens (tertiary/aromatic N) is 2. The molecule has 2 rings (SSSR count). The van der Waals surface area contributed by atoms with Crippen LogP contribution in [0.3, 0.4) is 0 Å². The molecule has 4 nitrogen and oxygen atoms in total. The molecule has 0 radical (unpaired) electrons. The predicted octanol–water partition coefficient (Wildman–Crippen LogP) is 3.54. The number of nitrogens with one attached hydrogen (secondary N) is 2. The van der Waals surface area contributed by atoms with Crippen LogP contribution in [0.25, 0.3) is 0 Å². The SMILES string of the molecule is CCNc1nc(NCc2ccccc2)cc(C(F)(F)F)n1. The average Bonchev–Trinajstić information content (AvgIpc) is 2.45. The summed E-state index contributed by atoms with van der Waals surface area (Å²) in [6.45, 7) is 2.60. The van der Waals surface area contributed by atoms with Gasteiger partial charge in [0.2, 0.25) is 5.95 Å². The zero-order valence-electron chi connectivity index (χ0n) is 11.4. The van der Waals surface area contributed by atoms with Crippen molar-refractivity contribution < 1.29 is 13.2 Å². The molecule has 0 aliphatic carbocycles. The molecule has 7 heteroatoms. The van der Waals surface area contributed by atoms with Crippen molar-refractivity contribution in [3.05, 3.63) is 47.7 Å². The molecule has 0 saturated heterocycles. The van der Waals surface area contributed by atoms with Crippen molar-refractivity contribution in [1.29, 1.82) is 0 Å². The monoisotopic (exact) mass is 296 g/mol. The fourth-order valence-electron chi connectivity index (χ4n) is 1.71. The zero-order valence-corrected chi connectivity index (χ0v) is 11.4. The number of hydrogen-bond donors (Lipinski definition) is 2. The second kappa shape index (κ2) is 6.43. The standard InChI is InChI=1S/C14H15F3N4/c1-2-18-13-20-11(14(15,16)17)8-12(21-13)19-9-10-6-4-3-5-7-10/h3-8H,2,9H2,1H3,(H2,18,19,20,21). The number of rotatable bonds is 5. The highest BCUT2D eigenvalue weighted by atomic mass is 19.4. The van der Waals surface area contributed by atoms with E-state index in [9.17, 15) is 13.2 Å². The highest BCUT2D eigenvalue weighted by Gasteiger charge is 2.33. The van der Waals surface area contributed by atoms with Crippen LogP contribution < -0.4 is 10.6 Å². The maximum absolute atomic E-state index is 12.8. The van der Waals surface area contributed by atoms with E-state index in [0.717, 1.165) is 11.6 Å². The van der Waals surface area contributed by atoms with Gasteiger partial charge in [-0.2, -0.15) is 18.2 Å². The zero-order chi connectivity index (χ0) is 15.3. The van der Waals surface area contributed by atoms with Gasteiger partial charge in [0.1, 0.15) is 5.82 Å². The molecule has 112 valence electrons. The first kappa shape index (κ1) is 15.1. The van der Waals surface area contributed by atoms with E-state index in [2.05, 4.69) is 20.6 Å². The van der Waals surface area contributed by atoms with E-state index < -0.39 is 11.9 Å². The van der Waals surface area contributed by atoms with Gasteiger partial charge < -0.3 is 10.6 Å². The Balaban J connectivity index is 2.19. The molecule has 0 aliphatic rings. The van der Waals surface area contributed by atoms with Gasteiger partial charge >= 0.3 is 6.18 Å². The van der Waals surface area contributed by atoms with Crippen molar-refractivity contribution in [2.45, 2.75) is 19.6 Å². The first-order valence-electron chi connectivity index (χ1n) is 6.47. The van der Waals surface area contributed by atoms with Gasteiger partial charge in [0, 0.05) is 19.2 Å². The summed E-state index contributed by atoms with van der Waals surface area (Å²) in [6, 6.07) is 10.3. The lowest BCUT2D eigenvalue weighted by Gasteiger charge is -2.12. The molecule has 0 atom stereocenters. The van der Waals surface area contributed by atoms with Gasteiger partial charge in [-0.1, -0.05) is 30.3 Å². The molecule has 1 heterocycles. The van der Waals surface area contributed by atoms with E-state index >= 15 is 0 Å². The van der Waals surface area contributed by atoms with Gasteiger partial charge in [-0.15, -0.1) is 0 Å². The predicted molar refractivity (Wildman–Crippen MR) is 75.0 cm³/mol. The van der Waals surface area contributed by atoms with Crippen LogP contribution in [-0.2, 0) is 12.7 Å². The van der Waals surface area contributed by atoms with E-state index in [1.807, 2.05) is 30.3 Å². The van der Waals surface area contributed by atoms with Crippen LogP contribution in [0.15, 0.2) is 36.4 Å². The fraction of sp³-hybridized carbons (Fsp3) is 0.286. The highest BCUT2D eigenvalue weighted by molar-refractivity contribution is 5.43. The van der Waals surface area contributed by atoms with Crippen LogP contribution in [0.4, 0.5) is 24.9 Å². The van der Waals surface area contributed by atoms with Gasteiger partial charge in [0.25, 0.3) is 0 Å². The van der Waals surface area contributed by atoms with E-state index in [4.69, 9.17) is 0 Å². The number of hydrogen-bond acceptors (Lipinski definition) is 4. The Morgan fingerprint density at radius 1 is 1.05 bits per heavy atom. The van der Waals surface area contributed by atoms with Crippen molar-refractivity contribution in [2.24, 2.45) is 0 Å². The van der Waals surface area contributed by atoms with Crippen LogP contribution >= 0.6 is 0 Å². The summed E-state index contributed by atoms with van der Waals surface area (Å²) in [7, 11) is 0. The van der Waals surface area contributed by atoms with Crippen LogP contribution in [0, 0.1) is 0 Å². The van der Waals surface area contributed by atoms with E-state index in [1.54, 1.807) is 6.92 Å². The number of alkyl halides is 3. The van der Waals surface area contributed by atoms with Crippen molar-refractivity contribution >= 4 is 11.8 Å². The number of aromatic nitrogens is 2. The number of anilines is 2. The summed E-state index contributed by atoms with van der Waals surface area (Å²) in [5, 5.41) is 5.58. The topological polar surface area (TPSA) is 49.8 Å². The van der Waals surface area contributed by atoms with Crippen LogP contribution in [0.1, 0.15) is 18.2 Å². The number of benzene rings is 1. The molecule has 2 N–H and O–H groups in total. The molecular formula is C14H15F3N4. The second-order valence-electron chi connectivity index (χ2n) is 4.33. The molecule has 21 heavy (non-hydrogen) atoms. The fourth-order valence-corrected chi connectivity index (χ4v) is 1.71. The Morgan fingerprint density at radius 3 is 2.38 bits per heavy atom. The molecule has 1 aromatic heterocycles. The van der Waals surface area contributed by atoms with Gasteiger partial charge in [-0.3, -0.25) is 0 Å². The molecule has 0 aliphatic heterocycles. The maximum atomic E-state index is 12.8. The van der Waals surface area contributed by atoms with Crippen LogP contribution in [0.5, 0.6) is 0 Å². The van der Waals surface area contributed by atoms with Gasteiger partial charge in [-0.25, -0.2) is 4.98 Å². The average molecular weight is 296 g/mol. The third-order valence-electron chi connectivity index (χ3n) is 2.67. The molecule has 0 unspecified atom stereocenters. The van der Waals surface area contributed by atoms with Crippen molar-refractivity contribution in [2.75, 3.05) is 17.2 Å². The summed E-state index contributed by atoms with van der Waals surface area (Å²) >= 11 is 0. The molecule has 0 bridgehead atoms.